The second-order valence-corrected chi connectivity index (χ2v) is 9.15. The van der Waals surface area contributed by atoms with Crippen LogP contribution in [-0.4, -0.2) is 59.7 Å². The number of nitrogens with one attached hydrogen (secondary N) is 2. The summed E-state index contributed by atoms with van der Waals surface area (Å²) in [6.45, 7) is 3.49. The van der Waals surface area contributed by atoms with Gasteiger partial charge in [0.2, 0.25) is 5.91 Å². The molecule has 180 valence electrons. The topological polar surface area (TPSA) is 128 Å². The van der Waals surface area contributed by atoms with Crippen molar-refractivity contribution in [2.45, 2.75) is 57.1 Å². The van der Waals surface area contributed by atoms with Crippen LogP contribution in [0.3, 0.4) is 0 Å². The van der Waals surface area contributed by atoms with Crippen LogP contribution in [0.2, 0.25) is 0 Å². The van der Waals surface area contributed by atoms with E-state index >= 15 is 0 Å². The number of benzene rings is 1. The number of ketones is 2. The van der Waals surface area contributed by atoms with Crippen molar-refractivity contribution in [2.24, 2.45) is 5.92 Å². The van der Waals surface area contributed by atoms with Gasteiger partial charge in [-0.1, -0.05) is 44.2 Å². The Bertz CT molecular complexity index is 844. The van der Waals surface area contributed by atoms with E-state index in [0.717, 1.165) is 17.3 Å². The first-order chi connectivity index (χ1) is 15.7. The number of hydrogen-bond donors (Lipinski definition) is 2. The van der Waals surface area contributed by atoms with Crippen molar-refractivity contribution < 1.29 is 33.4 Å². The van der Waals surface area contributed by atoms with Crippen molar-refractivity contribution in [1.29, 1.82) is 0 Å². The minimum absolute atomic E-state index is 0.00450. The van der Waals surface area contributed by atoms with Gasteiger partial charge >= 0.3 is 12.1 Å². The summed E-state index contributed by atoms with van der Waals surface area (Å²) in [5, 5.41) is 4.22. The number of Topliss-reactive ketones (excluding diaryl/α,β-unsaturated/α-hetero) is 2. The number of ether oxygens (including phenoxy) is 2. The summed E-state index contributed by atoms with van der Waals surface area (Å²) in [5.41, 5.74) is 0.770. The van der Waals surface area contributed by atoms with E-state index in [1.807, 2.05) is 6.07 Å². The van der Waals surface area contributed by atoms with Crippen LogP contribution in [0.15, 0.2) is 30.3 Å². The number of thioether (sulfide) groups is 1. The van der Waals surface area contributed by atoms with Gasteiger partial charge in [0.15, 0.2) is 11.6 Å². The maximum Gasteiger partial charge on any atom is 0.408 e. The molecule has 33 heavy (non-hydrogen) atoms. The zero-order valence-electron chi connectivity index (χ0n) is 19.0. The van der Waals surface area contributed by atoms with Crippen molar-refractivity contribution in [2.75, 3.05) is 12.9 Å². The lowest BCUT2D eigenvalue weighted by Gasteiger charge is -2.25. The molecule has 1 aliphatic rings. The van der Waals surface area contributed by atoms with Gasteiger partial charge in [0.05, 0.1) is 7.11 Å². The Kier molecular flexibility index (Phi) is 10.4. The molecule has 0 saturated heterocycles. The van der Waals surface area contributed by atoms with E-state index in [-0.39, 0.29) is 29.8 Å². The van der Waals surface area contributed by atoms with E-state index in [1.54, 1.807) is 38.1 Å². The lowest BCUT2D eigenvalue weighted by Crippen LogP contribution is -2.54. The second kappa shape index (κ2) is 13.0. The zero-order chi connectivity index (χ0) is 24.4. The van der Waals surface area contributed by atoms with Crippen molar-refractivity contribution >= 4 is 41.3 Å². The van der Waals surface area contributed by atoms with Crippen LogP contribution in [-0.2, 0) is 35.3 Å². The predicted octanol–water partition coefficient (Wildman–Crippen LogP) is 2.02. The minimum Gasteiger partial charge on any atom is -0.467 e. The van der Waals surface area contributed by atoms with Gasteiger partial charge in [0.25, 0.3) is 0 Å². The molecular formula is C23H30N2O7S. The number of esters is 1. The Hall–Kier alpha value is -2.88. The van der Waals surface area contributed by atoms with Gasteiger partial charge in [-0.15, -0.1) is 11.8 Å². The molecule has 2 N–H and O–H groups in total. The average Bonchev–Trinajstić information content (AvgIpc) is 2.79. The summed E-state index contributed by atoms with van der Waals surface area (Å²) in [5.74, 6) is -1.93. The highest BCUT2D eigenvalue weighted by Crippen LogP contribution is 2.24. The van der Waals surface area contributed by atoms with E-state index in [1.165, 1.54) is 7.11 Å². The molecule has 1 aromatic rings. The number of amides is 2. The summed E-state index contributed by atoms with van der Waals surface area (Å²) < 4.78 is 9.95. The van der Waals surface area contributed by atoms with Gasteiger partial charge < -0.3 is 20.1 Å². The maximum absolute atomic E-state index is 13.0. The molecule has 9 nitrogen and oxygen atoms in total. The molecular weight excluding hydrogens is 448 g/mol. The third-order valence-electron chi connectivity index (χ3n) is 5.10. The largest absolute Gasteiger partial charge is 0.467 e. The molecule has 0 bridgehead atoms. The highest BCUT2D eigenvalue weighted by Gasteiger charge is 2.34. The lowest BCUT2D eigenvalue weighted by atomic mass is 9.98. The first-order valence-electron chi connectivity index (χ1n) is 10.7. The third-order valence-corrected chi connectivity index (χ3v) is 6.49. The van der Waals surface area contributed by atoms with Crippen LogP contribution in [0.25, 0.3) is 0 Å². The molecule has 0 aromatic heterocycles. The van der Waals surface area contributed by atoms with Crippen LogP contribution < -0.4 is 10.6 Å². The standard InChI is InChI=1S/C23H30N2O7S/c1-14(2)19(22(29)31-3)25-21(28)16(13-33-20-17(26)10-7-11-18(20)27)24-23(30)32-12-15-8-5-4-6-9-15/h4-6,8-9,14,16,19-20H,7,10-13H2,1-3H3,(H,24,30)(H,25,28)/t16-,19-/m0/s1. The molecule has 0 spiro atoms. The number of carbonyl (C=O) groups excluding carboxylic acids is 5. The number of methoxy groups -OCH3 is 1. The quantitative estimate of drug-likeness (QED) is 0.386. The molecule has 2 atom stereocenters. The molecule has 10 heteroatoms. The molecule has 1 aliphatic carbocycles. The fraction of sp³-hybridized carbons (Fsp3) is 0.522. The fourth-order valence-corrected chi connectivity index (χ4v) is 4.45. The highest BCUT2D eigenvalue weighted by atomic mass is 32.2. The summed E-state index contributed by atoms with van der Waals surface area (Å²) in [7, 11) is 1.22. The fourth-order valence-electron chi connectivity index (χ4n) is 3.23. The van der Waals surface area contributed by atoms with Crippen LogP contribution in [0.5, 0.6) is 0 Å². The van der Waals surface area contributed by atoms with Crippen LogP contribution >= 0.6 is 11.8 Å². The smallest absolute Gasteiger partial charge is 0.408 e. The summed E-state index contributed by atoms with van der Waals surface area (Å²) in [4.78, 5) is 61.7. The Morgan fingerprint density at radius 3 is 2.27 bits per heavy atom. The molecule has 0 radical (unpaired) electrons. The van der Waals surface area contributed by atoms with E-state index in [2.05, 4.69) is 10.6 Å². The molecule has 1 fully saturated rings. The molecule has 0 aliphatic heterocycles. The van der Waals surface area contributed by atoms with Gasteiger partial charge in [-0.3, -0.25) is 14.4 Å². The Morgan fingerprint density at radius 1 is 1.06 bits per heavy atom. The monoisotopic (exact) mass is 478 g/mol. The molecule has 1 saturated carbocycles. The molecule has 0 unspecified atom stereocenters. The Labute approximate surface area is 197 Å². The SMILES string of the molecule is COC(=O)[C@@H](NC(=O)[C@H](CSC1C(=O)CCCC1=O)NC(=O)OCc1ccccc1)C(C)C. The minimum atomic E-state index is -1.13. The number of carbonyl (C=O) groups is 5. The van der Waals surface area contributed by atoms with E-state index in [4.69, 9.17) is 9.47 Å². The van der Waals surface area contributed by atoms with Gasteiger partial charge in [0, 0.05) is 18.6 Å². The van der Waals surface area contributed by atoms with E-state index < -0.39 is 35.3 Å². The van der Waals surface area contributed by atoms with E-state index in [9.17, 15) is 24.0 Å². The molecule has 1 aromatic carbocycles. The van der Waals surface area contributed by atoms with Gasteiger partial charge in [-0.25, -0.2) is 9.59 Å². The van der Waals surface area contributed by atoms with E-state index in [0.29, 0.717) is 19.3 Å². The maximum atomic E-state index is 13.0. The van der Waals surface area contributed by atoms with Crippen molar-refractivity contribution in [3.63, 3.8) is 0 Å². The average molecular weight is 479 g/mol. The second-order valence-electron chi connectivity index (χ2n) is 8.01. The zero-order valence-corrected chi connectivity index (χ0v) is 19.8. The van der Waals surface area contributed by atoms with Crippen LogP contribution in [0, 0.1) is 5.92 Å². The molecule has 0 heterocycles. The highest BCUT2D eigenvalue weighted by molar-refractivity contribution is 8.01. The molecule has 2 rings (SSSR count). The first kappa shape index (κ1) is 26.4. The molecule has 2 amide bonds. The number of alkyl carbamates (subject to hydrolysis) is 1. The third kappa shape index (κ3) is 8.20. The van der Waals surface area contributed by atoms with Crippen LogP contribution in [0.4, 0.5) is 4.79 Å². The summed E-state index contributed by atoms with van der Waals surface area (Å²) in [6.07, 6.45) is 0.313. The first-order valence-corrected chi connectivity index (χ1v) is 11.8. The Morgan fingerprint density at radius 2 is 1.70 bits per heavy atom. The van der Waals surface area contributed by atoms with Gasteiger partial charge in [-0.2, -0.15) is 0 Å². The summed E-state index contributed by atoms with van der Waals surface area (Å²) in [6, 6.07) is 6.97. The van der Waals surface area contributed by atoms with Crippen molar-refractivity contribution in [3.05, 3.63) is 35.9 Å². The number of rotatable bonds is 10. The van der Waals surface area contributed by atoms with Crippen molar-refractivity contribution in [1.82, 2.24) is 10.6 Å². The van der Waals surface area contributed by atoms with Gasteiger partial charge in [0.1, 0.15) is 23.9 Å². The predicted molar refractivity (Wildman–Crippen MR) is 122 cm³/mol. The lowest BCUT2D eigenvalue weighted by molar-refractivity contribution is -0.146. The van der Waals surface area contributed by atoms with Gasteiger partial charge in [-0.05, 0) is 17.9 Å². The van der Waals surface area contributed by atoms with Crippen LogP contribution in [0.1, 0.15) is 38.7 Å². The number of hydrogen-bond acceptors (Lipinski definition) is 8. The Balaban J connectivity index is 2.07. The summed E-state index contributed by atoms with van der Waals surface area (Å²) >= 11 is 1.01. The normalized spacial score (nSPS) is 16.1. The van der Waals surface area contributed by atoms with Crippen molar-refractivity contribution in [3.8, 4) is 0 Å².